The molecule has 2 aromatic rings. The largest absolute Gasteiger partial charge is 0.301 e. The Morgan fingerprint density at radius 3 is 2.68 bits per heavy atom. The highest BCUT2D eigenvalue weighted by molar-refractivity contribution is 7.99. The minimum atomic E-state index is -0.0537. The fourth-order valence-electron chi connectivity index (χ4n) is 1.56. The van der Waals surface area contributed by atoms with Crippen molar-refractivity contribution >= 4 is 17.8 Å². The van der Waals surface area contributed by atoms with E-state index in [1.165, 1.54) is 17.3 Å². The van der Waals surface area contributed by atoms with Gasteiger partial charge < -0.3 is 4.98 Å². The van der Waals surface area contributed by atoms with Crippen LogP contribution in [0.5, 0.6) is 0 Å². The SMILES string of the molecule is Cc1nc(SC/C=C/c2ccccc2)[nH]c(=O)c1C. The molecule has 19 heavy (non-hydrogen) atoms. The molecule has 1 aromatic carbocycles. The van der Waals surface area contributed by atoms with Gasteiger partial charge in [0.15, 0.2) is 5.16 Å². The number of nitrogens with zero attached hydrogens (tertiary/aromatic N) is 1. The Kier molecular flexibility index (Phi) is 4.58. The van der Waals surface area contributed by atoms with Crippen LogP contribution in [0, 0.1) is 13.8 Å². The number of rotatable bonds is 4. The normalized spacial score (nSPS) is 11.1. The molecule has 0 atom stereocenters. The zero-order valence-electron chi connectivity index (χ0n) is 11.0. The molecule has 0 fully saturated rings. The molecule has 0 aliphatic rings. The zero-order chi connectivity index (χ0) is 13.7. The number of hydrogen-bond acceptors (Lipinski definition) is 3. The lowest BCUT2D eigenvalue weighted by Crippen LogP contribution is -2.14. The number of hydrogen-bond donors (Lipinski definition) is 1. The van der Waals surface area contributed by atoms with Crippen molar-refractivity contribution in [2.45, 2.75) is 19.0 Å². The Morgan fingerprint density at radius 2 is 2.00 bits per heavy atom. The van der Waals surface area contributed by atoms with Crippen molar-refractivity contribution in [3.63, 3.8) is 0 Å². The predicted octanol–water partition coefficient (Wildman–Crippen LogP) is 3.19. The van der Waals surface area contributed by atoms with E-state index in [1.54, 1.807) is 6.92 Å². The van der Waals surface area contributed by atoms with Crippen molar-refractivity contribution in [3.05, 3.63) is 63.6 Å². The van der Waals surface area contributed by atoms with Gasteiger partial charge in [0, 0.05) is 17.0 Å². The summed E-state index contributed by atoms with van der Waals surface area (Å²) in [6.07, 6.45) is 4.13. The van der Waals surface area contributed by atoms with Crippen LogP contribution in [-0.4, -0.2) is 15.7 Å². The highest BCUT2D eigenvalue weighted by Crippen LogP contribution is 2.13. The maximum absolute atomic E-state index is 11.6. The first-order valence-corrected chi connectivity index (χ1v) is 7.07. The summed E-state index contributed by atoms with van der Waals surface area (Å²) < 4.78 is 0. The van der Waals surface area contributed by atoms with Crippen molar-refractivity contribution in [1.82, 2.24) is 9.97 Å². The molecule has 0 radical (unpaired) electrons. The van der Waals surface area contributed by atoms with Crippen LogP contribution in [0.15, 0.2) is 46.4 Å². The van der Waals surface area contributed by atoms with E-state index in [-0.39, 0.29) is 5.56 Å². The van der Waals surface area contributed by atoms with Gasteiger partial charge in [-0.15, -0.1) is 0 Å². The molecule has 1 N–H and O–H groups in total. The lowest BCUT2D eigenvalue weighted by Gasteiger charge is -2.01. The lowest BCUT2D eigenvalue weighted by molar-refractivity contribution is 0.885. The van der Waals surface area contributed by atoms with Crippen LogP contribution in [0.25, 0.3) is 6.08 Å². The van der Waals surface area contributed by atoms with Crippen molar-refractivity contribution < 1.29 is 0 Å². The van der Waals surface area contributed by atoms with Gasteiger partial charge in [-0.05, 0) is 19.4 Å². The van der Waals surface area contributed by atoms with Gasteiger partial charge >= 0.3 is 0 Å². The van der Waals surface area contributed by atoms with Crippen molar-refractivity contribution in [1.29, 1.82) is 0 Å². The molecule has 0 saturated heterocycles. The third-order valence-electron chi connectivity index (χ3n) is 2.80. The number of benzene rings is 1. The standard InChI is InChI=1S/C15H16N2OS/c1-11-12(2)16-15(17-14(11)18)19-10-6-9-13-7-4-3-5-8-13/h3-9H,10H2,1-2H3,(H,16,17,18)/b9-6+. The molecule has 1 heterocycles. The molecule has 2 rings (SSSR count). The second-order valence-electron chi connectivity index (χ2n) is 4.21. The summed E-state index contributed by atoms with van der Waals surface area (Å²) >= 11 is 1.52. The average Bonchev–Trinajstić information content (AvgIpc) is 2.42. The molecule has 0 spiro atoms. The topological polar surface area (TPSA) is 45.8 Å². The van der Waals surface area contributed by atoms with Crippen LogP contribution in [0.2, 0.25) is 0 Å². The highest BCUT2D eigenvalue weighted by atomic mass is 32.2. The summed E-state index contributed by atoms with van der Waals surface area (Å²) in [5.74, 6) is 0.778. The Hall–Kier alpha value is -1.81. The molecule has 4 heteroatoms. The summed E-state index contributed by atoms with van der Waals surface area (Å²) in [6, 6.07) is 10.1. The van der Waals surface area contributed by atoms with Gasteiger partial charge in [0.05, 0.1) is 0 Å². The van der Waals surface area contributed by atoms with Crippen molar-refractivity contribution in [2.24, 2.45) is 0 Å². The molecule has 0 amide bonds. The number of thioether (sulfide) groups is 1. The van der Waals surface area contributed by atoms with E-state index < -0.39 is 0 Å². The first kappa shape index (κ1) is 13.6. The highest BCUT2D eigenvalue weighted by Gasteiger charge is 2.02. The first-order valence-electron chi connectivity index (χ1n) is 6.09. The van der Waals surface area contributed by atoms with Gasteiger partial charge in [0.2, 0.25) is 0 Å². The van der Waals surface area contributed by atoms with Gasteiger partial charge in [-0.2, -0.15) is 0 Å². The van der Waals surface area contributed by atoms with Crippen LogP contribution in [0.3, 0.4) is 0 Å². The van der Waals surface area contributed by atoms with E-state index in [4.69, 9.17) is 0 Å². The maximum Gasteiger partial charge on any atom is 0.254 e. The predicted molar refractivity (Wildman–Crippen MR) is 80.5 cm³/mol. The first-order chi connectivity index (χ1) is 9.16. The molecule has 98 valence electrons. The Labute approximate surface area is 116 Å². The van der Waals surface area contributed by atoms with E-state index in [0.29, 0.717) is 10.7 Å². The molecule has 0 saturated carbocycles. The molecular formula is C15H16N2OS. The number of aromatic amines is 1. The van der Waals surface area contributed by atoms with Gasteiger partial charge in [-0.25, -0.2) is 4.98 Å². The number of H-pyrrole nitrogens is 1. The van der Waals surface area contributed by atoms with E-state index in [9.17, 15) is 4.79 Å². The molecular weight excluding hydrogens is 256 g/mol. The number of nitrogens with one attached hydrogen (secondary N) is 1. The van der Waals surface area contributed by atoms with E-state index in [2.05, 4.69) is 34.3 Å². The molecule has 1 aromatic heterocycles. The quantitative estimate of drug-likeness (QED) is 0.686. The third kappa shape index (κ3) is 3.83. The van der Waals surface area contributed by atoms with E-state index >= 15 is 0 Å². The lowest BCUT2D eigenvalue weighted by atomic mass is 10.2. The Balaban J connectivity index is 1.97. The Bertz CT molecular complexity index is 632. The van der Waals surface area contributed by atoms with E-state index in [1.807, 2.05) is 25.1 Å². The van der Waals surface area contributed by atoms with Crippen molar-refractivity contribution in [3.8, 4) is 0 Å². The van der Waals surface area contributed by atoms with Gasteiger partial charge in [-0.3, -0.25) is 4.79 Å². The van der Waals surface area contributed by atoms with Gasteiger partial charge in [0.1, 0.15) is 0 Å². The van der Waals surface area contributed by atoms with Crippen LogP contribution in [0.4, 0.5) is 0 Å². The summed E-state index contributed by atoms with van der Waals surface area (Å²) in [6.45, 7) is 3.64. The number of aromatic nitrogens is 2. The molecule has 0 bridgehead atoms. The fraction of sp³-hybridized carbons (Fsp3) is 0.200. The molecule has 0 aliphatic carbocycles. The van der Waals surface area contributed by atoms with Crippen LogP contribution in [-0.2, 0) is 0 Å². The molecule has 0 unspecified atom stereocenters. The minimum Gasteiger partial charge on any atom is -0.301 e. The second kappa shape index (κ2) is 6.38. The second-order valence-corrected chi connectivity index (χ2v) is 5.21. The number of aryl methyl sites for hydroxylation is 1. The fourth-order valence-corrected chi connectivity index (χ4v) is 2.28. The summed E-state index contributed by atoms with van der Waals surface area (Å²) in [4.78, 5) is 18.7. The summed E-state index contributed by atoms with van der Waals surface area (Å²) in [5.41, 5.74) is 2.59. The third-order valence-corrected chi connectivity index (χ3v) is 3.63. The van der Waals surface area contributed by atoms with Crippen molar-refractivity contribution in [2.75, 3.05) is 5.75 Å². The van der Waals surface area contributed by atoms with E-state index in [0.717, 1.165) is 11.4 Å². The van der Waals surface area contributed by atoms with Crippen LogP contribution >= 0.6 is 11.8 Å². The zero-order valence-corrected chi connectivity index (χ0v) is 11.8. The molecule has 0 aliphatic heterocycles. The summed E-state index contributed by atoms with van der Waals surface area (Å²) in [5, 5.41) is 0.672. The monoisotopic (exact) mass is 272 g/mol. The smallest absolute Gasteiger partial charge is 0.254 e. The minimum absolute atomic E-state index is 0.0537. The maximum atomic E-state index is 11.6. The molecule has 3 nitrogen and oxygen atoms in total. The van der Waals surface area contributed by atoms with Gasteiger partial charge in [-0.1, -0.05) is 54.2 Å². The van der Waals surface area contributed by atoms with Crippen LogP contribution in [0.1, 0.15) is 16.8 Å². The van der Waals surface area contributed by atoms with Gasteiger partial charge in [0.25, 0.3) is 5.56 Å². The summed E-state index contributed by atoms with van der Waals surface area (Å²) in [7, 11) is 0. The average molecular weight is 272 g/mol. The Morgan fingerprint density at radius 1 is 1.26 bits per heavy atom. The van der Waals surface area contributed by atoms with Crippen LogP contribution < -0.4 is 5.56 Å².